The van der Waals surface area contributed by atoms with Crippen LogP contribution in [0.15, 0.2) is 30.3 Å². The van der Waals surface area contributed by atoms with Gasteiger partial charge in [-0.25, -0.2) is 0 Å². The molecule has 0 aromatic heterocycles. The van der Waals surface area contributed by atoms with Crippen LogP contribution in [-0.2, 0) is 11.3 Å². The average Bonchev–Trinajstić information content (AvgIpc) is 2.85. The van der Waals surface area contributed by atoms with E-state index in [0.717, 1.165) is 18.5 Å². The monoisotopic (exact) mass is 262 g/mol. The molecular formula is C15H22N2O2. The number of carbonyl (C=O) groups excluding carboxylic acids is 1. The highest BCUT2D eigenvalue weighted by Gasteiger charge is 2.30. The average molecular weight is 262 g/mol. The van der Waals surface area contributed by atoms with Gasteiger partial charge >= 0.3 is 0 Å². The molecule has 0 bridgehead atoms. The highest BCUT2D eigenvalue weighted by molar-refractivity contribution is 5.82. The molecule has 1 aliphatic heterocycles. The summed E-state index contributed by atoms with van der Waals surface area (Å²) in [6.07, 6.45) is 1.07. The van der Waals surface area contributed by atoms with Crippen LogP contribution >= 0.6 is 0 Å². The fourth-order valence-corrected chi connectivity index (χ4v) is 2.47. The molecule has 1 aromatic rings. The van der Waals surface area contributed by atoms with Crippen molar-refractivity contribution in [3.05, 3.63) is 35.9 Å². The van der Waals surface area contributed by atoms with Gasteiger partial charge in [0.2, 0.25) is 5.91 Å². The topological polar surface area (TPSA) is 52.6 Å². The van der Waals surface area contributed by atoms with E-state index < -0.39 is 6.10 Å². The van der Waals surface area contributed by atoms with Gasteiger partial charge < -0.3 is 15.3 Å². The molecule has 1 amide bonds. The predicted molar refractivity (Wildman–Crippen MR) is 74.6 cm³/mol. The fourth-order valence-electron chi connectivity index (χ4n) is 2.47. The second kappa shape index (κ2) is 6.68. The van der Waals surface area contributed by atoms with Crippen LogP contribution in [0.1, 0.15) is 25.3 Å². The van der Waals surface area contributed by atoms with Gasteiger partial charge in [-0.15, -0.1) is 0 Å². The van der Waals surface area contributed by atoms with Gasteiger partial charge in [-0.1, -0.05) is 37.3 Å². The van der Waals surface area contributed by atoms with Gasteiger partial charge in [-0.3, -0.25) is 4.79 Å². The summed E-state index contributed by atoms with van der Waals surface area (Å²) < 4.78 is 0. The number of benzene rings is 1. The highest BCUT2D eigenvalue weighted by atomic mass is 16.3. The highest BCUT2D eigenvalue weighted by Crippen LogP contribution is 2.13. The van der Waals surface area contributed by atoms with Crippen LogP contribution in [0.3, 0.4) is 0 Å². The number of nitrogens with zero attached hydrogens (tertiary/aromatic N) is 1. The third kappa shape index (κ3) is 3.78. The Bertz CT molecular complexity index is 408. The molecule has 2 atom stereocenters. The van der Waals surface area contributed by atoms with E-state index in [1.54, 1.807) is 0 Å². The largest absolute Gasteiger partial charge is 0.392 e. The number of carbonyl (C=O) groups is 1. The quantitative estimate of drug-likeness (QED) is 0.837. The van der Waals surface area contributed by atoms with Gasteiger partial charge in [0.15, 0.2) is 0 Å². The van der Waals surface area contributed by atoms with E-state index in [4.69, 9.17) is 0 Å². The van der Waals surface area contributed by atoms with Crippen molar-refractivity contribution in [3.63, 3.8) is 0 Å². The molecule has 2 rings (SSSR count). The van der Waals surface area contributed by atoms with Crippen molar-refractivity contribution in [1.29, 1.82) is 0 Å². The summed E-state index contributed by atoms with van der Waals surface area (Å²) in [6.45, 7) is 3.98. The van der Waals surface area contributed by atoms with Crippen molar-refractivity contribution >= 4 is 5.91 Å². The fraction of sp³-hybridized carbons (Fsp3) is 0.533. The Labute approximate surface area is 114 Å². The van der Waals surface area contributed by atoms with E-state index in [0.29, 0.717) is 19.5 Å². The molecule has 0 aliphatic carbocycles. The number of amides is 1. The molecule has 104 valence electrons. The minimum atomic E-state index is -0.394. The SMILES string of the molecule is CCCN(Cc1ccccc1)C(=O)C1CC(O)CN1. The minimum Gasteiger partial charge on any atom is -0.392 e. The number of hydrogen-bond donors (Lipinski definition) is 2. The lowest BCUT2D eigenvalue weighted by molar-refractivity contribution is -0.133. The Morgan fingerprint density at radius 3 is 2.74 bits per heavy atom. The second-order valence-electron chi connectivity index (χ2n) is 5.10. The van der Waals surface area contributed by atoms with Gasteiger partial charge in [0, 0.05) is 19.6 Å². The maximum atomic E-state index is 12.4. The summed E-state index contributed by atoms with van der Waals surface area (Å²) >= 11 is 0. The molecule has 1 aliphatic rings. The third-order valence-electron chi connectivity index (χ3n) is 3.43. The number of rotatable bonds is 5. The first-order valence-electron chi connectivity index (χ1n) is 6.95. The third-order valence-corrected chi connectivity index (χ3v) is 3.43. The molecule has 2 N–H and O–H groups in total. The van der Waals surface area contributed by atoms with Gasteiger partial charge in [-0.2, -0.15) is 0 Å². The lowest BCUT2D eigenvalue weighted by atomic mass is 10.1. The van der Waals surface area contributed by atoms with Gasteiger partial charge in [0.1, 0.15) is 0 Å². The Hall–Kier alpha value is -1.39. The number of aliphatic hydroxyl groups excluding tert-OH is 1. The first-order chi connectivity index (χ1) is 9.20. The van der Waals surface area contributed by atoms with E-state index in [1.165, 1.54) is 0 Å². The number of nitrogens with one attached hydrogen (secondary N) is 1. The van der Waals surface area contributed by atoms with Crippen molar-refractivity contribution in [1.82, 2.24) is 10.2 Å². The zero-order valence-corrected chi connectivity index (χ0v) is 11.4. The van der Waals surface area contributed by atoms with Crippen molar-refractivity contribution < 1.29 is 9.90 Å². The molecule has 1 fully saturated rings. The molecule has 4 nitrogen and oxygen atoms in total. The molecule has 4 heteroatoms. The van der Waals surface area contributed by atoms with E-state index in [2.05, 4.69) is 12.2 Å². The zero-order valence-electron chi connectivity index (χ0n) is 11.4. The van der Waals surface area contributed by atoms with Crippen LogP contribution < -0.4 is 5.32 Å². The van der Waals surface area contributed by atoms with Crippen molar-refractivity contribution in [2.24, 2.45) is 0 Å². The van der Waals surface area contributed by atoms with E-state index in [-0.39, 0.29) is 11.9 Å². The summed E-state index contributed by atoms with van der Waals surface area (Å²) in [5.74, 6) is 0.0993. The van der Waals surface area contributed by atoms with Crippen LogP contribution in [0.5, 0.6) is 0 Å². The second-order valence-corrected chi connectivity index (χ2v) is 5.10. The predicted octanol–water partition coefficient (Wildman–Crippen LogP) is 1.15. The molecule has 1 heterocycles. The summed E-state index contributed by atoms with van der Waals surface area (Å²) in [6, 6.07) is 9.79. The van der Waals surface area contributed by atoms with Crippen LogP contribution in [0.2, 0.25) is 0 Å². The molecular weight excluding hydrogens is 240 g/mol. The first kappa shape index (κ1) is 14.0. The molecule has 0 radical (unpaired) electrons. The maximum Gasteiger partial charge on any atom is 0.240 e. The normalized spacial score (nSPS) is 22.4. The van der Waals surface area contributed by atoms with Crippen LogP contribution in [-0.4, -0.2) is 41.1 Å². The Morgan fingerprint density at radius 2 is 2.16 bits per heavy atom. The Morgan fingerprint density at radius 1 is 1.42 bits per heavy atom. The van der Waals surface area contributed by atoms with Crippen LogP contribution in [0.4, 0.5) is 0 Å². The molecule has 0 saturated carbocycles. The summed E-state index contributed by atoms with van der Waals surface area (Å²) in [7, 11) is 0. The number of hydrogen-bond acceptors (Lipinski definition) is 3. The summed E-state index contributed by atoms with van der Waals surface area (Å²) in [5.41, 5.74) is 1.14. The Balaban J connectivity index is 2.01. The number of aliphatic hydroxyl groups is 1. The molecule has 19 heavy (non-hydrogen) atoms. The van der Waals surface area contributed by atoms with Gasteiger partial charge in [0.25, 0.3) is 0 Å². The van der Waals surface area contributed by atoms with Crippen molar-refractivity contribution in [3.8, 4) is 0 Å². The lowest BCUT2D eigenvalue weighted by Gasteiger charge is -2.25. The van der Waals surface area contributed by atoms with Gasteiger partial charge in [0.05, 0.1) is 12.1 Å². The molecule has 2 unspecified atom stereocenters. The maximum absolute atomic E-state index is 12.4. The number of β-amino-alcohol motifs (C(OH)–C–C–N with tert-alkyl or cyclic N) is 1. The lowest BCUT2D eigenvalue weighted by Crippen LogP contribution is -2.43. The minimum absolute atomic E-state index is 0.0993. The van der Waals surface area contributed by atoms with E-state index in [9.17, 15) is 9.90 Å². The molecule has 1 saturated heterocycles. The van der Waals surface area contributed by atoms with E-state index in [1.807, 2.05) is 35.2 Å². The Kier molecular flexibility index (Phi) is 4.93. The summed E-state index contributed by atoms with van der Waals surface area (Å²) in [5, 5.41) is 12.6. The standard InChI is InChI=1S/C15H22N2O2/c1-2-8-17(11-12-6-4-3-5-7-12)15(19)14-9-13(18)10-16-14/h3-7,13-14,16,18H,2,8-11H2,1H3. The van der Waals surface area contributed by atoms with E-state index >= 15 is 0 Å². The summed E-state index contributed by atoms with van der Waals surface area (Å²) in [4.78, 5) is 14.3. The smallest absolute Gasteiger partial charge is 0.240 e. The zero-order chi connectivity index (χ0) is 13.7. The van der Waals surface area contributed by atoms with Gasteiger partial charge in [-0.05, 0) is 18.4 Å². The molecule has 1 aromatic carbocycles. The molecule has 0 spiro atoms. The first-order valence-corrected chi connectivity index (χ1v) is 6.95. The van der Waals surface area contributed by atoms with Crippen molar-refractivity contribution in [2.75, 3.05) is 13.1 Å². The van der Waals surface area contributed by atoms with Crippen LogP contribution in [0.25, 0.3) is 0 Å². The van der Waals surface area contributed by atoms with Crippen LogP contribution in [0, 0.1) is 0 Å². The van der Waals surface area contributed by atoms with Crippen molar-refractivity contribution in [2.45, 2.75) is 38.5 Å².